The predicted octanol–water partition coefficient (Wildman–Crippen LogP) is 3.85. The van der Waals surface area contributed by atoms with Gasteiger partial charge >= 0.3 is 0 Å². The molecule has 28 heavy (non-hydrogen) atoms. The Balaban J connectivity index is 1.33. The topological polar surface area (TPSA) is 54.0 Å². The molecule has 2 aliphatic heterocycles. The fourth-order valence-corrected chi connectivity index (χ4v) is 4.26. The van der Waals surface area contributed by atoms with Gasteiger partial charge in [-0.25, -0.2) is 0 Å². The van der Waals surface area contributed by atoms with Crippen LogP contribution in [0.1, 0.15) is 37.4 Å². The number of methoxy groups -OCH3 is 1. The summed E-state index contributed by atoms with van der Waals surface area (Å²) in [6.07, 6.45) is 3.41. The van der Waals surface area contributed by atoms with Crippen LogP contribution in [-0.4, -0.2) is 48.9 Å². The molecule has 1 fully saturated rings. The molecule has 0 aromatic heterocycles. The molecule has 150 valence electrons. The molecular weight excluding hydrogens is 352 g/mol. The quantitative estimate of drug-likeness (QED) is 0.823. The summed E-state index contributed by atoms with van der Waals surface area (Å²) in [7, 11) is 1.69. The third kappa shape index (κ3) is 4.26. The van der Waals surface area contributed by atoms with Crippen molar-refractivity contribution >= 4 is 5.69 Å². The van der Waals surface area contributed by atoms with Crippen molar-refractivity contribution in [1.29, 1.82) is 0 Å². The molecule has 0 bridgehead atoms. The van der Waals surface area contributed by atoms with E-state index in [-0.39, 0.29) is 5.60 Å². The molecule has 4 rings (SSSR count). The number of nitrogens with one attached hydrogen (secondary N) is 1. The second-order valence-electron chi connectivity index (χ2n) is 7.88. The number of rotatable bonds is 5. The van der Waals surface area contributed by atoms with Crippen molar-refractivity contribution in [2.45, 2.75) is 37.4 Å². The van der Waals surface area contributed by atoms with Gasteiger partial charge in [0.15, 0.2) is 0 Å². The lowest BCUT2D eigenvalue weighted by Gasteiger charge is -2.41. The number of nitrogens with zero attached hydrogens (tertiary/aromatic N) is 1. The summed E-state index contributed by atoms with van der Waals surface area (Å²) < 4.78 is 11.9. The molecule has 2 heterocycles. The van der Waals surface area contributed by atoms with E-state index in [0.29, 0.717) is 0 Å². The van der Waals surface area contributed by atoms with Gasteiger partial charge in [0.25, 0.3) is 0 Å². The first-order valence-electron chi connectivity index (χ1n) is 10.2. The van der Waals surface area contributed by atoms with Crippen LogP contribution in [0.3, 0.4) is 0 Å². The molecule has 0 aliphatic carbocycles. The van der Waals surface area contributed by atoms with Crippen LogP contribution >= 0.6 is 0 Å². The molecular formula is C23H30N2O3. The smallest absolute Gasteiger partial charge is 0.143 e. The van der Waals surface area contributed by atoms with Crippen LogP contribution in [0.25, 0.3) is 0 Å². The summed E-state index contributed by atoms with van der Waals surface area (Å²) in [5.41, 5.74) is 1.92. The first kappa shape index (κ1) is 19.1. The van der Waals surface area contributed by atoms with Crippen LogP contribution < -0.4 is 14.8 Å². The van der Waals surface area contributed by atoms with Gasteiger partial charge < -0.3 is 24.8 Å². The lowest BCUT2D eigenvalue weighted by molar-refractivity contribution is -0.00291. The summed E-state index contributed by atoms with van der Waals surface area (Å²) in [6, 6.07) is 15.9. The third-order valence-corrected chi connectivity index (χ3v) is 6.08. The number of ether oxygens (including phenoxy) is 2. The number of likely N-dealkylation sites (tertiary alicyclic amines) is 1. The molecule has 2 N–H and O–H groups in total. The van der Waals surface area contributed by atoms with Gasteiger partial charge in [0.1, 0.15) is 17.1 Å². The van der Waals surface area contributed by atoms with Gasteiger partial charge in [0.2, 0.25) is 0 Å². The van der Waals surface area contributed by atoms with E-state index in [1.807, 2.05) is 48.5 Å². The minimum absolute atomic E-state index is 0.0958. The van der Waals surface area contributed by atoms with E-state index in [4.69, 9.17) is 9.47 Å². The first-order chi connectivity index (χ1) is 13.7. The molecule has 0 radical (unpaired) electrons. The highest BCUT2D eigenvalue weighted by atomic mass is 16.5. The van der Waals surface area contributed by atoms with E-state index in [1.165, 1.54) is 0 Å². The average molecular weight is 383 g/mol. The molecule has 5 nitrogen and oxygen atoms in total. The van der Waals surface area contributed by atoms with Crippen LogP contribution in [0.2, 0.25) is 0 Å². The Kier molecular flexibility index (Phi) is 5.74. The predicted molar refractivity (Wildman–Crippen MR) is 111 cm³/mol. The number of fused-ring (bicyclic) bond motifs is 1. The van der Waals surface area contributed by atoms with Gasteiger partial charge in [-0.05, 0) is 37.0 Å². The zero-order chi connectivity index (χ0) is 19.4. The Labute approximate surface area is 167 Å². The maximum atomic E-state index is 10.4. The van der Waals surface area contributed by atoms with Crippen molar-refractivity contribution in [1.82, 2.24) is 4.90 Å². The van der Waals surface area contributed by atoms with Crippen LogP contribution in [0, 0.1) is 0 Å². The summed E-state index contributed by atoms with van der Waals surface area (Å²) in [4.78, 5) is 2.45. The fourth-order valence-electron chi connectivity index (χ4n) is 4.26. The normalized spacial score (nSPS) is 19.8. The number of anilines is 1. The van der Waals surface area contributed by atoms with Gasteiger partial charge in [-0.2, -0.15) is 0 Å². The Hall–Kier alpha value is -2.24. The number of piperidine rings is 1. The van der Waals surface area contributed by atoms with E-state index >= 15 is 0 Å². The molecule has 2 aromatic rings. The van der Waals surface area contributed by atoms with Gasteiger partial charge in [-0.1, -0.05) is 30.3 Å². The van der Waals surface area contributed by atoms with Gasteiger partial charge in [0, 0.05) is 38.7 Å². The summed E-state index contributed by atoms with van der Waals surface area (Å²) >= 11 is 0. The summed E-state index contributed by atoms with van der Waals surface area (Å²) in [5, 5.41) is 13.9. The maximum absolute atomic E-state index is 10.4. The minimum atomic E-state index is -0.391. The number of benzene rings is 2. The SMILES string of the molecule is COc1ccc2c(c1)NCCC1(CCN(CC[C@H](O)c3ccccc3)CC1)O2. The van der Waals surface area contributed by atoms with E-state index in [9.17, 15) is 5.11 Å². The lowest BCUT2D eigenvalue weighted by Crippen LogP contribution is -2.48. The molecule has 2 aliphatic rings. The largest absolute Gasteiger partial charge is 0.497 e. The van der Waals surface area contributed by atoms with Crippen molar-refractivity contribution in [3.8, 4) is 11.5 Å². The zero-order valence-corrected chi connectivity index (χ0v) is 16.6. The van der Waals surface area contributed by atoms with Crippen molar-refractivity contribution in [2.24, 2.45) is 0 Å². The van der Waals surface area contributed by atoms with Gasteiger partial charge in [0.05, 0.1) is 18.9 Å². The van der Waals surface area contributed by atoms with E-state index in [1.54, 1.807) is 7.11 Å². The van der Waals surface area contributed by atoms with Gasteiger partial charge in [-0.15, -0.1) is 0 Å². The highest BCUT2D eigenvalue weighted by Crippen LogP contribution is 2.39. The average Bonchev–Trinajstić information content (AvgIpc) is 2.92. The van der Waals surface area contributed by atoms with Gasteiger partial charge in [-0.3, -0.25) is 0 Å². The Bertz CT molecular complexity index is 773. The molecule has 2 aromatic carbocycles. The Morgan fingerprint density at radius 3 is 2.68 bits per heavy atom. The molecule has 1 spiro atoms. The molecule has 0 saturated carbocycles. The third-order valence-electron chi connectivity index (χ3n) is 6.08. The van der Waals surface area contributed by atoms with Crippen molar-refractivity contribution in [3.63, 3.8) is 0 Å². The Morgan fingerprint density at radius 2 is 1.93 bits per heavy atom. The monoisotopic (exact) mass is 382 g/mol. The van der Waals surface area contributed by atoms with Crippen LogP contribution in [0.5, 0.6) is 11.5 Å². The first-order valence-corrected chi connectivity index (χ1v) is 10.2. The molecule has 0 unspecified atom stereocenters. The van der Waals surface area contributed by atoms with E-state index in [0.717, 1.165) is 74.6 Å². The molecule has 1 saturated heterocycles. The fraction of sp³-hybridized carbons (Fsp3) is 0.478. The summed E-state index contributed by atoms with van der Waals surface area (Å²) in [6.45, 7) is 3.84. The number of aliphatic hydroxyl groups excluding tert-OH is 1. The highest BCUT2D eigenvalue weighted by molar-refractivity contribution is 5.60. The summed E-state index contributed by atoms with van der Waals surface area (Å²) in [5.74, 6) is 1.77. The van der Waals surface area contributed by atoms with E-state index in [2.05, 4.69) is 10.2 Å². The van der Waals surface area contributed by atoms with E-state index < -0.39 is 6.10 Å². The molecule has 1 atom stereocenters. The van der Waals surface area contributed by atoms with Crippen molar-refractivity contribution in [3.05, 3.63) is 54.1 Å². The highest BCUT2D eigenvalue weighted by Gasteiger charge is 2.38. The van der Waals surface area contributed by atoms with Crippen LogP contribution in [-0.2, 0) is 0 Å². The second kappa shape index (κ2) is 8.41. The maximum Gasteiger partial charge on any atom is 0.143 e. The number of hydrogen-bond acceptors (Lipinski definition) is 5. The lowest BCUT2D eigenvalue weighted by atomic mass is 9.87. The zero-order valence-electron chi connectivity index (χ0n) is 16.6. The van der Waals surface area contributed by atoms with Crippen LogP contribution in [0.15, 0.2) is 48.5 Å². The standard InChI is InChI=1S/C23H30N2O3/c1-27-19-7-8-22-20(17-19)24-13-10-23(28-22)11-15-25(16-12-23)14-9-21(26)18-5-3-2-4-6-18/h2-8,17,21,24,26H,9-16H2,1H3/t21-/m0/s1. The second-order valence-corrected chi connectivity index (χ2v) is 7.88. The number of hydrogen-bond donors (Lipinski definition) is 2. The minimum Gasteiger partial charge on any atom is -0.497 e. The van der Waals surface area contributed by atoms with Crippen molar-refractivity contribution in [2.75, 3.05) is 38.6 Å². The Morgan fingerprint density at radius 1 is 1.14 bits per heavy atom. The van der Waals surface area contributed by atoms with Crippen LogP contribution in [0.4, 0.5) is 5.69 Å². The molecule has 5 heteroatoms. The molecule has 0 amide bonds. The van der Waals surface area contributed by atoms with Crippen molar-refractivity contribution < 1.29 is 14.6 Å². The number of aliphatic hydroxyl groups is 1.